The minimum absolute atomic E-state index is 0.00147. The lowest BCUT2D eigenvalue weighted by atomic mass is 10.1. The molecular weight excluding hydrogens is 440 g/mol. The Morgan fingerprint density at radius 2 is 1.91 bits per heavy atom. The topological polar surface area (TPSA) is 63.1 Å². The Morgan fingerprint density at radius 1 is 1.12 bits per heavy atom. The number of ether oxygens (including phenoxy) is 1. The first-order valence-electron chi connectivity index (χ1n) is 10.3. The van der Waals surface area contributed by atoms with Crippen LogP contribution in [0.4, 0.5) is 0 Å². The minimum atomic E-state index is 0.00147. The quantitative estimate of drug-likeness (QED) is 0.356. The lowest BCUT2D eigenvalue weighted by molar-refractivity contribution is -0.132. The van der Waals surface area contributed by atoms with Crippen LogP contribution >= 0.6 is 23.6 Å². The largest absolute Gasteiger partial charge is 0.497 e. The third-order valence-electron chi connectivity index (χ3n) is 5.19. The van der Waals surface area contributed by atoms with Crippen molar-refractivity contribution in [3.63, 3.8) is 0 Å². The molecule has 0 saturated heterocycles. The van der Waals surface area contributed by atoms with Crippen molar-refractivity contribution in [2.45, 2.75) is 19.5 Å². The van der Waals surface area contributed by atoms with Crippen molar-refractivity contribution in [1.29, 1.82) is 0 Å². The highest BCUT2D eigenvalue weighted by Gasteiger charge is 2.19. The summed E-state index contributed by atoms with van der Waals surface area (Å²) in [6.07, 6.45) is 0.792. The molecular formula is C24H24N4O2S2. The second kappa shape index (κ2) is 10.4. The molecule has 8 heteroatoms. The molecule has 164 valence electrons. The number of aromatic amines is 1. The summed E-state index contributed by atoms with van der Waals surface area (Å²) in [4.78, 5) is 16.4. The van der Waals surface area contributed by atoms with E-state index in [2.05, 4.69) is 28.4 Å². The first-order chi connectivity index (χ1) is 15.6. The molecule has 0 spiro atoms. The molecule has 0 radical (unpaired) electrons. The third kappa shape index (κ3) is 5.33. The summed E-state index contributed by atoms with van der Waals surface area (Å²) in [7, 11) is 1.63. The van der Waals surface area contributed by atoms with Crippen LogP contribution in [0.2, 0.25) is 0 Å². The highest BCUT2D eigenvalue weighted by Crippen LogP contribution is 2.21. The number of hydrogen-bond donors (Lipinski definition) is 1. The molecule has 0 aliphatic rings. The molecule has 6 nitrogen and oxygen atoms in total. The minimum Gasteiger partial charge on any atom is -0.497 e. The van der Waals surface area contributed by atoms with E-state index in [1.165, 1.54) is 5.56 Å². The van der Waals surface area contributed by atoms with E-state index in [0.29, 0.717) is 23.7 Å². The maximum absolute atomic E-state index is 13.4. The summed E-state index contributed by atoms with van der Waals surface area (Å²) in [5.41, 5.74) is 2.07. The fourth-order valence-corrected chi connectivity index (χ4v) is 4.37. The van der Waals surface area contributed by atoms with E-state index in [0.717, 1.165) is 22.6 Å². The van der Waals surface area contributed by atoms with Crippen LogP contribution in [0.15, 0.2) is 72.1 Å². The zero-order valence-corrected chi connectivity index (χ0v) is 19.4. The molecule has 4 rings (SSSR count). The molecule has 0 aliphatic carbocycles. The fraction of sp³-hybridized carbons (Fsp3) is 0.208. The molecule has 4 aromatic rings. The molecule has 2 heterocycles. The summed E-state index contributed by atoms with van der Waals surface area (Å²) in [6, 6.07) is 21.8. The highest BCUT2D eigenvalue weighted by molar-refractivity contribution is 7.71. The molecule has 2 aromatic heterocycles. The number of carbonyl (C=O) groups is 1. The highest BCUT2D eigenvalue weighted by atomic mass is 32.1. The number of aromatic nitrogens is 3. The van der Waals surface area contributed by atoms with Crippen molar-refractivity contribution in [1.82, 2.24) is 19.7 Å². The number of hydrogen-bond acceptors (Lipinski definition) is 5. The summed E-state index contributed by atoms with van der Waals surface area (Å²) in [5.74, 6) is 1.39. The molecule has 2 aromatic carbocycles. The third-order valence-corrected chi connectivity index (χ3v) is 6.37. The van der Waals surface area contributed by atoms with Crippen molar-refractivity contribution in [3.8, 4) is 17.1 Å². The summed E-state index contributed by atoms with van der Waals surface area (Å²) in [6.45, 7) is 1.33. The Labute approximate surface area is 196 Å². The van der Waals surface area contributed by atoms with E-state index in [9.17, 15) is 4.79 Å². The molecule has 0 fully saturated rings. The number of thiophene rings is 1. The van der Waals surface area contributed by atoms with Crippen LogP contribution in [-0.2, 0) is 24.3 Å². The van der Waals surface area contributed by atoms with Gasteiger partial charge in [-0.05, 0) is 59.9 Å². The van der Waals surface area contributed by atoms with Crippen LogP contribution < -0.4 is 4.74 Å². The predicted molar refractivity (Wildman–Crippen MR) is 129 cm³/mol. The van der Waals surface area contributed by atoms with Gasteiger partial charge in [-0.3, -0.25) is 14.5 Å². The van der Waals surface area contributed by atoms with Crippen molar-refractivity contribution in [3.05, 3.63) is 87.3 Å². The van der Waals surface area contributed by atoms with E-state index >= 15 is 0 Å². The number of nitrogens with one attached hydrogen (secondary N) is 1. The number of amides is 1. The van der Waals surface area contributed by atoms with Gasteiger partial charge in [0.25, 0.3) is 0 Å². The SMILES string of the molecule is COc1ccc(-c2n[nH]c(=S)n2CC(=O)N(CCc2ccccc2)Cc2cccs2)cc1. The van der Waals surface area contributed by atoms with Gasteiger partial charge in [0.15, 0.2) is 10.6 Å². The second-order valence-electron chi connectivity index (χ2n) is 7.30. The maximum atomic E-state index is 13.4. The van der Waals surface area contributed by atoms with Crippen molar-refractivity contribution in [2.75, 3.05) is 13.7 Å². The normalized spacial score (nSPS) is 10.8. The van der Waals surface area contributed by atoms with Crippen LogP contribution in [-0.4, -0.2) is 39.2 Å². The van der Waals surface area contributed by atoms with Gasteiger partial charge >= 0.3 is 0 Å². The van der Waals surface area contributed by atoms with E-state index in [4.69, 9.17) is 17.0 Å². The Morgan fingerprint density at radius 3 is 2.59 bits per heavy atom. The number of carbonyl (C=O) groups excluding carboxylic acids is 1. The Bertz CT molecular complexity index is 1200. The van der Waals surface area contributed by atoms with Gasteiger partial charge in [-0.2, -0.15) is 5.10 Å². The van der Waals surface area contributed by atoms with Gasteiger partial charge in [-0.25, -0.2) is 0 Å². The molecule has 0 aliphatic heterocycles. The van der Waals surface area contributed by atoms with E-state index in [-0.39, 0.29) is 12.5 Å². The zero-order valence-electron chi connectivity index (χ0n) is 17.7. The molecule has 1 N–H and O–H groups in total. The van der Waals surface area contributed by atoms with E-state index in [1.54, 1.807) is 23.0 Å². The summed E-state index contributed by atoms with van der Waals surface area (Å²) >= 11 is 7.09. The molecule has 0 unspecified atom stereocenters. The second-order valence-corrected chi connectivity index (χ2v) is 8.72. The Hall–Kier alpha value is -3.23. The van der Waals surface area contributed by atoms with E-state index < -0.39 is 0 Å². The van der Waals surface area contributed by atoms with Gasteiger partial charge in [0.05, 0.1) is 13.7 Å². The van der Waals surface area contributed by atoms with Gasteiger partial charge in [0.2, 0.25) is 5.91 Å². The standard InChI is InChI=1S/C24H24N4O2S2/c1-30-20-11-9-19(10-12-20)23-25-26-24(31)28(23)17-22(29)27(16-21-8-5-15-32-21)14-13-18-6-3-2-4-7-18/h2-12,15H,13-14,16-17H2,1H3,(H,26,31). The summed E-state index contributed by atoms with van der Waals surface area (Å²) < 4.78 is 7.41. The lowest BCUT2D eigenvalue weighted by Crippen LogP contribution is -2.35. The molecule has 0 saturated carbocycles. The molecule has 0 bridgehead atoms. The van der Waals surface area contributed by atoms with Gasteiger partial charge in [0, 0.05) is 17.0 Å². The first-order valence-corrected chi connectivity index (χ1v) is 11.6. The van der Waals surface area contributed by atoms with Crippen LogP contribution in [0.25, 0.3) is 11.4 Å². The Balaban J connectivity index is 1.54. The van der Waals surface area contributed by atoms with Crippen LogP contribution in [0.3, 0.4) is 0 Å². The predicted octanol–water partition coefficient (Wildman–Crippen LogP) is 4.95. The van der Waals surface area contributed by atoms with Crippen LogP contribution in [0, 0.1) is 4.77 Å². The van der Waals surface area contributed by atoms with E-state index in [1.807, 2.05) is 58.8 Å². The van der Waals surface area contributed by atoms with Gasteiger partial charge in [-0.15, -0.1) is 11.3 Å². The monoisotopic (exact) mass is 464 g/mol. The van der Waals surface area contributed by atoms with Crippen LogP contribution in [0.5, 0.6) is 5.75 Å². The summed E-state index contributed by atoms with van der Waals surface area (Å²) in [5, 5.41) is 9.22. The smallest absolute Gasteiger partial charge is 0.243 e. The van der Waals surface area contributed by atoms with Crippen molar-refractivity contribution < 1.29 is 9.53 Å². The number of H-pyrrole nitrogens is 1. The maximum Gasteiger partial charge on any atom is 0.243 e. The Kier molecular flexibility index (Phi) is 7.14. The number of nitrogens with zero attached hydrogens (tertiary/aromatic N) is 3. The van der Waals surface area contributed by atoms with Crippen molar-refractivity contribution >= 4 is 29.5 Å². The molecule has 0 atom stereocenters. The van der Waals surface area contributed by atoms with Gasteiger partial charge in [0.1, 0.15) is 12.3 Å². The number of methoxy groups -OCH3 is 1. The first kappa shape index (κ1) is 22.0. The number of benzene rings is 2. The zero-order chi connectivity index (χ0) is 22.3. The lowest BCUT2D eigenvalue weighted by Gasteiger charge is -2.23. The average molecular weight is 465 g/mol. The van der Waals surface area contributed by atoms with Crippen LogP contribution in [0.1, 0.15) is 10.4 Å². The average Bonchev–Trinajstić information content (AvgIpc) is 3.47. The molecule has 32 heavy (non-hydrogen) atoms. The molecule has 1 amide bonds. The van der Waals surface area contributed by atoms with Crippen molar-refractivity contribution in [2.24, 2.45) is 0 Å². The van der Waals surface area contributed by atoms with Gasteiger partial charge < -0.3 is 9.64 Å². The fourth-order valence-electron chi connectivity index (χ4n) is 3.45. The number of rotatable bonds is 9. The van der Waals surface area contributed by atoms with Gasteiger partial charge in [-0.1, -0.05) is 36.4 Å².